The third-order valence-electron chi connectivity index (χ3n) is 3.99. The van der Waals surface area contributed by atoms with E-state index in [9.17, 15) is 9.90 Å². The predicted molar refractivity (Wildman–Crippen MR) is 88.8 cm³/mol. The Kier molecular flexibility index (Phi) is 5.24. The van der Waals surface area contributed by atoms with Crippen LogP contribution in [0.2, 0.25) is 0 Å². The van der Waals surface area contributed by atoms with Gasteiger partial charge in [-0.2, -0.15) is 0 Å². The number of aryl methyl sites for hydroxylation is 1. The first-order valence-electron chi connectivity index (χ1n) is 7.73. The number of aromatic amines is 1. The van der Waals surface area contributed by atoms with Crippen molar-refractivity contribution in [2.24, 2.45) is 0 Å². The standard InChI is InChI=1S/C15H21N5O3S/c1-11-12(18-9-17-11)4-20-2-3-23-8-15(22,7-20)6-16-14(21)13-5-24-10-19-13/h5,9-10,22H,2-4,6-8H2,1H3,(H,16,21)(H,17,18)/t15-/m1/s1. The summed E-state index contributed by atoms with van der Waals surface area (Å²) in [7, 11) is 0. The van der Waals surface area contributed by atoms with Crippen molar-refractivity contribution in [2.45, 2.75) is 19.1 Å². The van der Waals surface area contributed by atoms with Gasteiger partial charge in [0, 0.05) is 30.7 Å². The number of β-amino-alcohol motifs (C(OH)–C–C–N with tert-alkyl or cyclic N) is 1. The van der Waals surface area contributed by atoms with Crippen LogP contribution in [-0.2, 0) is 11.3 Å². The highest BCUT2D eigenvalue weighted by molar-refractivity contribution is 7.07. The van der Waals surface area contributed by atoms with E-state index in [1.165, 1.54) is 11.3 Å². The first-order chi connectivity index (χ1) is 11.6. The Morgan fingerprint density at radius 1 is 1.58 bits per heavy atom. The number of aromatic nitrogens is 3. The summed E-state index contributed by atoms with van der Waals surface area (Å²) in [4.78, 5) is 25.4. The number of carbonyl (C=O) groups excluding carboxylic acids is 1. The molecule has 1 atom stereocenters. The number of nitrogens with zero attached hydrogens (tertiary/aromatic N) is 3. The quantitative estimate of drug-likeness (QED) is 0.709. The Morgan fingerprint density at radius 2 is 2.46 bits per heavy atom. The van der Waals surface area contributed by atoms with Crippen LogP contribution in [0, 0.1) is 6.92 Å². The average molecular weight is 351 g/mol. The van der Waals surface area contributed by atoms with Gasteiger partial charge >= 0.3 is 0 Å². The molecule has 0 unspecified atom stereocenters. The molecule has 24 heavy (non-hydrogen) atoms. The fourth-order valence-electron chi connectivity index (χ4n) is 2.66. The molecule has 8 nitrogen and oxygen atoms in total. The van der Waals surface area contributed by atoms with E-state index in [0.29, 0.717) is 31.9 Å². The molecule has 3 N–H and O–H groups in total. The van der Waals surface area contributed by atoms with Gasteiger partial charge in [-0.25, -0.2) is 9.97 Å². The van der Waals surface area contributed by atoms with Crippen molar-refractivity contribution >= 4 is 17.2 Å². The van der Waals surface area contributed by atoms with Gasteiger partial charge in [0.1, 0.15) is 11.3 Å². The lowest BCUT2D eigenvalue weighted by Crippen LogP contribution is -2.52. The Hall–Kier alpha value is -1.81. The van der Waals surface area contributed by atoms with E-state index in [1.807, 2.05) is 6.92 Å². The second-order valence-electron chi connectivity index (χ2n) is 6.02. The summed E-state index contributed by atoms with van der Waals surface area (Å²) in [5.74, 6) is -0.288. The van der Waals surface area contributed by atoms with Crippen molar-refractivity contribution in [2.75, 3.05) is 32.8 Å². The van der Waals surface area contributed by atoms with E-state index in [4.69, 9.17) is 4.74 Å². The van der Waals surface area contributed by atoms with Crippen LogP contribution in [0.1, 0.15) is 21.9 Å². The summed E-state index contributed by atoms with van der Waals surface area (Å²) >= 11 is 1.36. The Labute approximate surface area is 143 Å². The Morgan fingerprint density at radius 3 is 3.17 bits per heavy atom. The van der Waals surface area contributed by atoms with Crippen LogP contribution < -0.4 is 5.32 Å². The molecule has 3 rings (SSSR count). The van der Waals surface area contributed by atoms with Gasteiger partial charge in [-0.05, 0) is 6.92 Å². The van der Waals surface area contributed by atoms with Gasteiger partial charge in [-0.3, -0.25) is 9.69 Å². The maximum absolute atomic E-state index is 12.0. The highest BCUT2D eigenvalue weighted by Gasteiger charge is 2.33. The second kappa shape index (κ2) is 7.39. The van der Waals surface area contributed by atoms with Crippen molar-refractivity contribution in [3.63, 3.8) is 0 Å². The zero-order valence-corrected chi connectivity index (χ0v) is 14.3. The number of H-pyrrole nitrogens is 1. The molecule has 130 valence electrons. The van der Waals surface area contributed by atoms with Gasteiger partial charge < -0.3 is 20.1 Å². The molecule has 2 aromatic heterocycles. The number of rotatable bonds is 5. The summed E-state index contributed by atoms with van der Waals surface area (Å²) < 4.78 is 5.53. The maximum atomic E-state index is 12.0. The van der Waals surface area contributed by atoms with Crippen molar-refractivity contribution < 1.29 is 14.6 Å². The highest BCUT2D eigenvalue weighted by Crippen LogP contribution is 2.15. The lowest BCUT2D eigenvalue weighted by Gasteiger charge is -2.30. The van der Waals surface area contributed by atoms with Crippen LogP contribution in [0.25, 0.3) is 0 Å². The summed E-state index contributed by atoms with van der Waals surface area (Å²) in [5.41, 5.74) is 2.78. The predicted octanol–water partition coefficient (Wildman–Crippen LogP) is 0.168. The van der Waals surface area contributed by atoms with E-state index in [0.717, 1.165) is 11.4 Å². The average Bonchev–Trinajstić information content (AvgIpc) is 3.18. The molecule has 0 bridgehead atoms. The lowest BCUT2D eigenvalue weighted by atomic mass is 10.0. The number of nitrogens with one attached hydrogen (secondary N) is 2. The van der Waals surface area contributed by atoms with Crippen LogP contribution in [0.5, 0.6) is 0 Å². The molecule has 9 heteroatoms. The molecule has 3 heterocycles. The summed E-state index contributed by atoms with van der Waals surface area (Å²) in [6, 6.07) is 0. The third-order valence-corrected chi connectivity index (χ3v) is 4.58. The fraction of sp³-hybridized carbons (Fsp3) is 0.533. The van der Waals surface area contributed by atoms with Gasteiger partial charge in [0.15, 0.2) is 0 Å². The molecule has 0 spiro atoms. The normalized spacial score (nSPS) is 22.2. The van der Waals surface area contributed by atoms with Crippen LogP contribution in [0.3, 0.4) is 0 Å². The first kappa shape index (κ1) is 17.0. The molecule has 0 saturated carbocycles. The second-order valence-corrected chi connectivity index (χ2v) is 6.74. The van der Waals surface area contributed by atoms with E-state index in [1.54, 1.807) is 17.2 Å². The largest absolute Gasteiger partial charge is 0.384 e. The Bertz CT molecular complexity index is 674. The minimum Gasteiger partial charge on any atom is -0.384 e. The minimum atomic E-state index is -1.15. The van der Waals surface area contributed by atoms with Crippen LogP contribution >= 0.6 is 11.3 Å². The molecule has 0 aromatic carbocycles. The van der Waals surface area contributed by atoms with Crippen LogP contribution in [-0.4, -0.2) is 69.3 Å². The number of hydrogen-bond acceptors (Lipinski definition) is 7. The molecule has 1 aliphatic heterocycles. The van der Waals surface area contributed by atoms with Gasteiger partial charge in [-0.15, -0.1) is 11.3 Å². The zero-order chi connectivity index (χ0) is 17.0. The number of hydrogen-bond donors (Lipinski definition) is 3. The van der Waals surface area contributed by atoms with Gasteiger partial charge in [0.25, 0.3) is 5.91 Å². The number of carbonyl (C=O) groups is 1. The van der Waals surface area contributed by atoms with Crippen molar-refractivity contribution in [3.8, 4) is 0 Å². The number of amides is 1. The van der Waals surface area contributed by atoms with Gasteiger partial charge in [-0.1, -0.05) is 0 Å². The monoisotopic (exact) mass is 351 g/mol. The van der Waals surface area contributed by atoms with Crippen molar-refractivity contribution in [1.82, 2.24) is 25.2 Å². The lowest BCUT2D eigenvalue weighted by molar-refractivity contribution is -0.0346. The Balaban J connectivity index is 1.60. The molecule has 0 aliphatic carbocycles. The molecular weight excluding hydrogens is 330 g/mol. The summed E-state index contributed by atoms with van der Waals surface area (Å²) in [6.07, 6.45) is 1.67. The molecular formula is C15H21N5O3S. The van der Waals surface area contributed by atoms with E-state index in [2.05, 4.69) is 25.2 Å². The van der Waals surface area contributed by atoms with Crippen LogP contribution in [0.4, 0.5) is 0 Å². The summed E-state index contributed by atoms with van der Waals surface area (Å²) in [5, 5.41) is 15.3. The number of aliphatic hydroxyl groups is 1. The fourth-order valence-corrected chi connectivity index (χ4v) is 3.19. The maximum Gasteiger partial charge on any atom is 0.270 e. The third kappa shape index (κ3) is 4.18. The molecule has 1 aliphatic rings. The van der Waals surface area contributed by atoms with Gasteiger partial charge in [0.05, 0.1) is 37.3 Å². The SMILES string of the molecule is Cc1[nH]cnc1CN1CCOC[C@@](O)(CNC(=O)c2cscn2)C1. The topological polar surface area (TPSA) is 103 Å². The van der Waals surface area contributed by atoms with E-state index >= 15 is 0 Å². The number of ether oxygens (including phenoxy) is 1. The van der Waals surface area contributed by atoms with E-state index < -0.39 is 5.60 Å². The number of thiazole rings is 1. The molecule has 0 radical (unpaired) electrons. The van der Waals surface area contributed by atoms with E-state index in [-0.39, 0.29) is 19.1 Å². The first-order valence-corrected chi connectivity index (χ1v) is 8.68. The highest BCUT2D eigenvalue weighted by atomic mass is 32.1. The smallest absolute Gasteiger partial charge is 0.270 e. The summed E-state index contributed by atoms with van der Waals surface area (Å²) in [6.45, 7) is 4.52. The zero-order valence-electron chi connectivity index (χ0n) is 13.5. The molecule has 2 aromatic rings. The van der Waals surface area contributed by atoms with Crippen LogP contribution in [0.15, 0.2) is 17.2 Å². The van der Waals surface area contributed by atoms with Gasteiger partial charge in [0.2, 0.25) is 0 Å². The molecule has 1 amide bonds. The van der Waals surface area contributed by atoms with Crippen molar-refractivity contribution in [1.29, 1.82) is 0 Å². The molecule has 1 saturated heterocycles. The minimum absolute atomic E-state index is 0.111. The van der Waals surface area contributed by atoms with Crippen molar-refractivity contribution in [3.05, 3.63) is 34.3 Å². The molecule has 1 fully saturated rings. The number of imidazole rings is 1.